The number of phosphoric ester groups is 1. The van der Waals surface area contributed by atoms with Crippen molar-refractivity contribution in [2.75, 3.05) is 26.8 Å². The van der Waals surface area contributed by atoms with E-state index >= 15 is 0 Å². The van der Waals surface area contributed by atoms with E-state index in [4.69, 9.17) is 0 Å². The van der Waals surface area contributed by atoms with Gasteiger partial charge in [0.25, 0.3) is 7.82 Å². The molecule has 6 heteroatoms. The summed E-state index contributed by atoms with van der Waals surface area (Å²) in [6.07, 6.45) is 2.49. The summed E-state index contributed by atoms with van der Waals surface area (Å²) >= 11 is 0. The van der Waals surface area contributed by atoms with Crippen molar-refractivity contribution in [1.29, 1.82) is 0 Å². The predicted molar refractivity (Wildman–Crippen MR) is 52.6 cm³/mol. The summed E-state index contributed by atoms with van der Waals surface area (Å²) in [5.74, 6) is 0. The fourth-order valence-corrected chi connectivity index (χ4v) is 1.45. The fraction of sp³-hybridized carbons (Fsp3) is 0.875. The summed E-state index contributed by atoms with van der Waals surface area (Å²) in [6.45, 7) is 4.52. The molecule has 0 N–H and O–H groups in total. The van der Waals surface area contributed by atoms with Crippen LogP contribution < -0.4 is 4.89 Å². The first-order valence-electron chi connectivity index (χ1n) is 4.61. The number of nitrogens with zero attached hydrogens (tertiary/aromatic N) is 1. The van der Waals surface area contributed by atoms with Gasteiger partial charge < -0.3 is 13.9 Å². The maximum atomic E-state index is 11.0. The van der Waals surface area contributed by atoms with E-state index in [1.54, 1.807) is 0 Å². The zero-order valence-corrected chi connectivity index (χ0v) is 9.83. The first kappa shape index (κ1) is 13.8. The van der Waals surface area contributed by atoms with Gasteiger partial charge >= 0.3 is 0 Å². The molecule has 0 aromatic rings. The summed E-state index contributed by atoms with van der Waals surface area (Å²) < 4.78 is 22.0. The first-order chi connectivity index (χ1) is 6.52. The van der Waals surface area contributed by atoms with Crippen LogP contribution in [0.2, 0.25) is 0 Å². The van der Waals surface area contributed by atoms with Crippen molar-refractivity contribution in [1.82, 2.24) is 0 Å². The molecule has 0 spiro atoms. The average Bonchev–Trinajstić information content (AvgIpc) is 2.14. The van der Waals surface area contributed by atoms with Crippen LogP contribution in [0.25, 0.3) is 0 Å². The third-order valence-electron chi connectivity index (χ3n) is 1.59. The van der Waals surface area contributed by atoms with Crippen molar-refractivity contribution in [3.63, 3.8) is 0 Å². The summed E-state index contributed by atoms with van der Waals surface area (Å²) in [5.41, 5.74) is 0. The van der Waals surface area contributed by atoms with Gasteiger partial charge in [0.05, 0.1) is 6.61 Å². The Labute approximate surface area is 85.0 Å². The molecule has 5 nitrogen and oxygen atoms in total. The molecule has 0 aliphatic carbocycles. The number of hydrogen-bond acceptors (Lipinski definition) is 4. The molecule has 14 heavy (non-hydrogen) atoms. The summed E-state index contributed by atoms with van der Waals surface area (Å²) in [7, 11) is -2.23. The van der Waals surface area contributed by atoms with Crippen LogP contribution in [-0.4, -0.2) is 37.6 Å². The lowest BCUT2D eigenvalue weighted by molar-refractivity contribution is -0.495. The van der Waals surface area contributed by atoms with Crippen LogP contribution in [-0.2, 0) is 13.6 Å². The molecule has 0 radical (unpaired) electrons. The Morgan fingerprint density at radius 1 is 1.43 bits per heavy atom. The maximum absolute atomic E-state index is 11.0. The van der Waals surface area contributed by atoms with E-state index in [-0.39, 0.29) is 13.2 Å². The fourth-order valence-electron chi connectivity index (χ4n) is 0.666. The Hall–Kier alpha value is -0.220. The van der Waals surface area contributed by atoms with Gasteiger partial charge in [-0.1, -0.05) is 6.92 Å². The number of phosphoric acid groups is 1. The lowest BCUT2D eigenvalue weighted by atomic mass is 10.5. The molecular weight excluding hydrogens is 205 g/mol. The average molecular weight is 223 g/mol. The Morgan fingerprint density at radius 3 is 2.50 bits per heavy atom. The monoisotopic (exact) mass is 223 g/mol. The van der Waals surface area contributed by atoms with E-state index in [0.29, 0.717) is 13.0 Å². The van der Waals surface area contributed by atoms with Crippen LogP contribution in [0.4, 0.5) is 0 Å². The summed E-state index contributed by atoms with van der Waals surface area (Å²) in [5, 5.41) is 0. The Balaban J connectivity index is 3.71. The van der Waals surface area contributed by atoms with Crippen molar-refractivity contribution in [2.45, 2.75) is 20.3 Å². The molecule has 0 heterocycles. The molecule has 0 saturated carbocycles. The zero-order chi connectivity index (χ0) is 11.0. The quantitative estimate of drug-likeness (QED) is 0.361. The Bertz CT molecular complexity index is 229. The van der Waals surface area contributed by atoms with Crippen molar-refractivity contribution in [2.24, 2.45) is 0 Å². The summed E-state index contributed by atoms with van der Waals surface area (Å²) in [6, 6.07) is 0. The molecule has 1 unspecified atom stereocenters. The maximum Gasteiger partial charge on any atom is 0.268 e. The second-order valence-corrected chi connectivity index (χ2v) is 4.26. The number of hydrogen-bond donors (Lipinski definition) is 0. The third kappa shape index (κ3) is 7.21. The van der Waals surface area contributed by atoms with Crippen molar-refractivity contribution < 1.29 is 23.1 Å². The summed E-state index contributed by atoms with van der Waals surface area (Å²) in [4.78, 5) is 11.0. The number of likely N-dealkylation sites (N-methyl/N-ethyl adjacent to an activating group) is 1. The molecule has 0 amide bonds. The van der Waals surface area contributed by atoms with Crippen molar-refractivity contribution in [3.05, 3.63) is 0 Å². The first-order valence-corrected chi connectivity index (χ1v) is 6.07. The topological polar surface area (TPSA) is 61.6 Å². The molecule has 0 aromatic heterocycles. The molecule has 0 rings (SSSR count). The molecule has 0 aliphatic heterocycles. The highest BCUT2D eigenvalue weighted by Gasteiger charge is 2.09. The van der Waals surface area contributed by atoms with Crippen molar-refractivity contribution in [3.8, 4) is 0 Å². The minimum atomic E-state index is -4.07. The normalized spacial score (nSPS) is 16.7. The van der Waals surface area contributed by atoms with Gasteiger partial charge in [-0.25, -0.2) is 4.58 Å². The van der Waals surface area contributed by atoms with E-state index in [1.165, 1.54) is 0 Å². The molecule has 0 bridgehead atoms. The second kappa shape index (κ2) is 7.12. The highest BCUT2D eigenvalue weighted by atomic mass is 31.2. The molecule has 0 aliphatic rings. The predicted octanol–water partition coefficient (Wildman–Crippen LogP) is 0.631. The van der Waals surface area contributed by atoms with Gasteiger partial charge in [0.1, 0.15) is 19.9 Å². The van der Waals surface area contributed by atoms with Gasteiger partial charge in [0.2, 0.25) is 0 Å². The van der Waals surface area contributed by atoms with E-state index in [9.17, 15) is 9.46 Å². The molecule has 0 saturated heterocycles. The van der Waals surface area contributed by atoms with Crippen LogP contribution in [0, 0.1) is 0 Å². The van der Waals surface area contributed by atoms with Gasteiger partial charge in [0.15, 0.2) is 6.54 Å². The lowest BCUT2D eigenvalue weighted by Crippen LogP contribution is -2.16. The minimum absolute atomic E-state index is 0.116. The smallest absolute Gasteiger partial charge is 0.268 e. The largest absolute Gasteiger partial charge is 0.756 e. The van der Waals surface area contributed by atoms with E-state index in [1.807, 2.05) is 31.7 Å². The highest BCUT2D eigenvalue weighted by molar-refractivity contribution is 7.45. The second-order valence-electron chi connectivity index (χ2n) is 2.85. The zero-order valence-electron chi connectivity index (χ0n) is 8.93. The molecule has 0 aromatic carbocycles. The molecule has 84 valence electrons. The SMILES string of the molecule is CC=[N+](C)CCOP(=O)([O-])OCCC. The van der Waals surface area contributed by atoms with Gasteiger partial charge in [-0.2, -0.15) is 0 Å². The van der Waals surface area contributed by atoms with Gasteiger partial charge in [-0.15, -0.1) is 0 Å². The van der Waals surface area contributed by atoms with E-state index in [2.05, 4.69) is 9.05 Å². The van der Waals surface area contributed by atoms with Gasteiger partial charge in [-0.05, 0) is 6.42 Å². The van der Waals surface area contributed by atoms with E-state index in [0.717, 1.165) is 0 Å². The van der Waals surface area contributed by atoms with Gasteiger partial charge in [-0.3, -0.25) is 4.57 Å². The standard InChI is InChI=1S/C8H18NO4P/c1-4-7-12-14(10,11)13-8-6-9(3)5-2/h5H,4,6-8H2,1-3H3. The van der Waals surface area contributed by atoms with E-state index < -0.39 is 7.82 Å². The van der Waals surface area contributed by atoms with Crippen LogP contribution >= 0.6 is 7.82 Å². The lowest BCUT2D eigenvalue weighted by Gasteiger charge is -2.21. The molecular formula is C8H18NO4P. The van der Waals surface area contributed by atoms with Crippen LogP contribution in [0.5, 0.6) is 0 Å². The third-order valence-corrected chi connectivity index (χ3v) is 2.59. The molecule has 1 atom stereocenters. The Morgan fingerprint density at radius 2 is 2.00 bits per heavy atom. The van der Waals surface area contributed by atoms with Crippen molar-refractivity contribution >= 4 is 14.0 Å². The van der Waals surface area contributed by atoms with Crippen LogP contribution in [0.1, 0.15) is 20.3 Å². The highest BCUT2D eigenvalue weighted by Crippen LogP contribution is 2.37. The number of rotatable bonds is 7. The van der Waals surface area contributed by atoms with Gasteiger partial charge in [0, 0.05) is 6.92 Å². The van der Waals surface area contributed by atoms with Crippen LogP contribution in [0.3, 0.4) is 0 Å². The molecule has 0 fully saturated rings. The Kier molecular flexibility index (Phi) is 7.01. The van der Waals surface area contributed by atoms with Crippen LogP contribution in [0.15, 0.2) is 0 Å². The minimum Gasteiger partial charge on any atom is -0.756 e.